The molecule has 60 valence electrons. The van der Waals surface area contributed by atoms with Gasteiger partial charge in [0.25, 0.3) is 0 Å². The largest absolute Gasteiger partial charge is 0.300 e. The zero-order chi connectivity index (χ0) is 9.99. The van der Waals surface area contributed by atoms with E-state index in [0.29, 0.717) is 6.42 Å². The molecule has 0 amide bonds. The molecule has 0 aliphatic heterocycles. The SMILES string of the molecule is [2H]C([2H])(C)C(=O)CC[Si](C)(C)C. The molecule has 10 heavy (non-hydrogen) atoms. The van der Waals surface area contributed by atoms with Crippen LogP contribution in [0.5, 0.6) is 0 Å². The van der Waals surface area contributed by atoms with Crippen molar-refractivity contribution in [3.8, 4) is 0 Å². The van der Waals surface area contributed by atoms with E-state index in [0.717, 1.165) is 6.04 Å². The van der Waals surface area contributed by atoms with Gasteiger partial charge >= 0.3 is 0 Å². The molecular formula is C8H18OSi. The van der Waals surface area contributed by atoms with Gasteiger partial charge in [-0.2, -0.15) is 0 Å². The van der Waals surface area contributed by atoms with Gasteiger partial charge in [-0.15, -0.1) is 0 Å². The minimum atomic E-state index is -1.64. The molecule has 0 aliphatic rings. The molecule has 0 aliphatic carbocycles. The van der Waals surface area contributed by atoms with Crippen LogP contribution >= 0.6 is 0 Å². The number of Topliss-reactive ketones (excluding diaryl/α,β-unsaturated/α-hetero) is 1. The lowest BCUT2D eigenvalue weighted by atomic mass is 10.2. The van der Waals surface area contributed by atoms with Crippen LogP contribution in [-0.2, 0) is 4.79 Å². The third-order valence-corrected chi connectivity index (χ3v) is 3.13. The van der Waals surface area contributed by atoms with Gasteiger partial charge in [-0.05, 0) is 0 Å². The molecule has 2 heteroatoms. The lowest BCUT2D eigenvalue weighted by Crippen LogP contribution is -2.20. The normalized spacial score (nSPS) is 16.0. The zero-order valence-corrected chi connectivity index (χ0v) is 8.32. The van der Waals surface area contributed by atoms with Gasteiger partial charge in [-0.3, -0.25) is 4.79 Å². The number of carbonyl (C=O) groups is 1. The highest BCUT2D eigenvalue weighted by Crippen LogP contribution is 2.11. The lowest BCUT2D eigenvalue weighted by molar-refractivity contribution is -0.118. The molecule has 0 aromatic rings. The third-order valence-electron chi connectivity index (χ3n) is 1.38. The second kappa shape index (κ2) is 3.91. The first kappa shape index (κ1) is 6.59. The quantitative estimate of drug-likeness (QED) is 0.578. The topological polar surface area (TPSA) is 17.1 Å². The predicted molar refractivity (Wildman–Crippen MR) is 48.1 cm³/mol. The van der Waals surface area contributed by atoms with Crippen LogP contribution in [0.15, 0.2) is 0 Å². The molecule has 0 fully saturated rings. The van der Waals surface area contributed by atoms with Gasteiger partial charge in [0.05, 0.1) is 0 Å². The second-order valence-corrected chi connectivity index (χ2v) is 9.36. The van der Waals surface area contributed by atoms with Crippen LogP contribution in [0, 0.1) is 0 Å². The Morgan fingerprint density at radius 1 is 1.50 bits per heavy atom. The summed E-state index contributed by atoms with van der Waals surface area (Å²) in [6.45, 7) is 7.89. The molecule has 0 heterocycles. The molecule has 0 bridgehead atoms. The molecule has 0 saturated carbocycles. The summed E-state index contributed by atoms with van der Waals surface area (Å²) in [5, 5.41) is 0. The van der Waals surface area contributed by atoms with Crippen LogP contribution in [0.4, 0.5) is 0 Å². The third kappa shape index (κ3) is 6.01. The molecule has 0 atom stereocenters. The Morgan fingerprint density at radius 3 is 2.30 bits per heavy atom. The van der Waals surface area contributed by atoms with Crippen molar-refractivity contribution in [2.75, 3.05) is 0 Å². The maximum atomic E-state index is 11.2. The van der Waals surface area contributed by atoms with Gasteiger partial charge in [-0.25, -0.2) is 0 Å². The first-order valence-corrected chi connectivity index (χ1v) is 7.37. The van der Waals surface area contributed by atoms with Crippen molar-refractivity contribution in [3.05, 3.63) is 0 Å². The Kier molecular flexibility index (Phi) is 2.58. The summed E-state index contributed by atoms with van der Waals surface area (Å²) in [6, 6.07) is 0.888. The van der Waals surface area contributed by atoms with Crippen molar-refractivity contribution < 1.29 is 7.54 Å². The van der Waals surface area contributed by atoms with E-state index in [2.05, 4.69) is 19.6 Å². The second-order valence-electron chi connectivity index (χ2n) is 3.73. The highest BCUT2D eigenvalue weighted by atomic mass is 28.3. The van der Waals surface area contributed by atoms with Crippen LogP contribution in [0.1, 0.15) is 22.5 Å². The molecule has 0 aromatic heterocycles. The van der Waals surface area contributed by atoms with Crippen molar-refractivity contribution in [2.24, 2.45) is 0 Å². The van der Waals surface area contributed by atoms with Crippen molar-refractivity contribution in [1.29, 1.82) is 0 Å². The van der Waals surface area contributed by atoms with Gasteiger partial charge < -0.3 is 0 Å². The Labute approximate surface area is 67.6 Å². The molecule has 0 aromatic carbocycles. The zero-order valence-electron chi connectivity index (χ0n) is 9.32. The molecule has 0 spiro atoms. The first-order valence-electron chi connectivity index (χ1n) is 4.66. The van der Waals surface area contributed by atoms with E-state index in [-0.39, 0.29) is 5.78 Å². The summed E-state index contributed by atoms with van der Waals surface area (Å²) in [7, 11) is -1.19. The molecule has 0 saturated heterocycles. The monoisotopic (exact) mass is 160 g/mol. The van der Waals surface area contributed by atoms with E-state index >= 15 is 0 Å². The Hall–Kier alpha value is -0.113. The molecule has 1 nitrogen and oxygen atoms in total. The number of rotatable bonds is 4. The number of hydrogen-bond donors (Lipinski definition) is 0. The van der Waals surface area contributed by atoms with Gasteiger partial charge in [0, 0.05) is 23.6 Å². The van der Waals surface area contributed by atoms with E-state index in [4.69, 9.17) is 2.74 Å². The van der Waals surface area contributed by atoms with Crippen molar-refractivity contribution in [2.45, 2.75) is 45.4 Å². The van der Waals surface area contributed by atoms with E-state index in [1.807, 2.05) is 0 Å². The van der Waals surface area contributed by atoms with Gasteiger partial charge in [0.2, 0.25) is 0 Å². The smallest absolute Gasteiger partial charge is 0.132 e. The maximum absolute atomic E-state index is 11.2. The first-order chi connectivity index (χ1) is 5.13. The van der Waals surface area contributed by atoms with Crippen molar-refractivity contribution in [1.82, 2.24) is 0 Å². The van der Waals surface area contributed by atoms with E-state index < -0.39 is 14.4 Å². The van der Waals surface area contributed by atoms with Crippen molar-refractivity contribution in [3.63, 3.8) is 0 Å². The highest BCUT2D eigenvalue weighted by Gasteiger charge is 2.13. The highest BCUT2D eigenvalue weighted by molar-refractivity contribution is 6.76. The van der Waals surface area contributed by atoms with E-state index in [9.17, 15) is 4.79 Å². The standard InChI is InChI=1S/C8H18OSi/c1-5-8(9)6-7-10(2,3)4/h5-7H2,1-4H3/i5D2. The fraction of sp³-hybridized carbons (Fsp3) is 0.875. The summed E-state index contributed by atoms with van der Waals surface area (Å²) in [5.41, 5.74) is 0. The van der Waals surface area contributed by atoms with Crippen LogP contribution in [-0.4, -0.2) is 13.9 Å². The maximum Gasteiger partial charge on any atom is 0.132 e. The fourth-order valence-corrected chi connectivity index (χ4v) is 1.59. The lowest BCUT2D eigenvalue weighted by Gasteiger charge is -2.13. The summed E-state index contributed by atoms with van der Waals surface area (Å²) in [6.07, 6.45) is -1.24. The van der Waals surface area contributed by atoms with E-state index in [1.54, 1.807) is 0 Å². The van der Waals surface area contributed by atoms with Crippen LogP contribution in [0.25, 0.3) is 0 Å². The van der Waals surface area contributed by atoms with Gasteiger partial charge in [0.15, 0.2) is 0 Å². The van der Waals surface area contributed by atoms with Gasteiger partial charge in [0.1, 0.15) is 5.78 Å². The summed E-state index contributed by atoms with van der Waals surface area (Å²) >= 11 is 0. The summed E-state index contributed by atoms with van der Waals surface area (Å²) in [4.78, 5) is 11.2. The van der Waals surface area contributed by atoms with Crippen LogP contribution < -0.4 is 0 Å². The Balaban J connectivity index is 3.90. The van der Waals surface area contributed by atoms with Gasteiger partial charge in [-0.1, -0.05) is 32.6 Å². The molecule has 0 radical (unpaired) electrons. The molecular weight excluding hydrogens is 140 g/mol. The number of hydrogen-bond acceptors (Lipinski definition) is 1. The molecule has 0 unspecified atom stereocenters. The Bertz CT molecular complexity index is 167. The molecule has 0 N–H and O–H groups in total. The average molecular weight is 160 g/mol. The minimum Gasteiger partial charge on any atom is -0.300 e. The molecule has 0 rings (SSSR count). The van der Waals surface area contributed by atoms with Crippen LogP contribution in [0.3, 0.4) is 0 Å². The Morgan fingerprint density at radius 2 is 2.00 bits per heavy atom. The minimum absolute atomic E-state index is 0.259. The van der Waals surface area contributed by atoms with Crippen LogP contribution in [0.2, 0.25) is 25.7 Å². The summed E-state index contributed by atoms with van der Waals surface area (Å²) in [5.74, 6) is -0.259. The van der Waals surface area contributed by atoms with Crippen molar-refractivity contribution >= 4 is 13.9 Å². The average Bonchev–Trinajstić information content (AvgIpc) is 1.78. The van der Waals surface area contributed by atoms with E-state index in [1.165, 1.54) is 6.92 Å². The number of carbonyl (C=O) groups excluding carboxylic acids is 1. The fourth-order valence-electron chi connectivity index (χ4n) is 0.614. The number of ketones is 1. The predicted octanol–water partition coefficient (Wildman–Crippen LogP) is 2.69. The summed E-state index contributed by atoms with van der Waals surface area (Å²) < 4.78 is 14.4.